The van der Waals surface area contributed by atoms with Crippen LogP contribution in [0.25, 0.3) is 0 Å². The number of hydrogen-bond acceptors (Lipinski definition) is 4. The smallest absolute Gasteiger partial charge is 0.216 e. The molecule has 0 aromatic carbocycles. The lowest BCUT2D eigenvalue weighted by Gasteiger charge is -2.07. The van der Waals surface area contributed by atoms with E-state index in [1.165, 1.54) is 12.5 Å². The number of Topliss-reactive ketones (excluding diaryl/α,β-unsaturated/α-hetero) is 1. The maximum atomic E-state index is 11.9. The molecule has 0 rings (SSSR count). The number of nitrogens with one attached hydrogen (secondary N) is 1. The van der Waals surface area contributed by atoms with Gasteiger partial charge in [-0.1, -0.05) is 31.1 Å². The summed E-state index contributed by atoms with van der Waals surface area (Å²) in [6, 6.07) is 0. The second-order valence-electron chi connectivity index (χ2n) is 4.92. The SMILES string of the molecule is CCC/C(C)=C/C=C(\C)C(=O)CC(=S)OCCNC(C)=O. The summed E-state index contributed by atoms with van der Waals surface area (Å²) < 4.78 is 5.23. The van der Waals surface area contributed by atoms with Gasteiger partial charge in [0.25, 0.3) is 0 Å². The highest BCUT2D eigenvalue weighted by atomic mass is 32.1. The van der Waals surface area contributed by atoms with Crippen LogP contribution >= 0.6 is 12.2 Å². The van der Waals surface area contributed by atoms with Crippen molar-refractivity contribution in [3.63, 3.8) is 0 Å². The molecule has 4 nitrogen and oxygen atoms in total. The van der Waals surface area contributed by atoms with Gasteiger partial charge in [0.05, 0.1) is 13.0 Å². The van der Waals surface area contributed by atoms with Crippen molar-refractivity contribution in [2.45, 2.75) is 47.0 Å². The lowest BCUT2D eigenvalue weighted by atomic mass is 10.1. The van der Waals surface area contributed by atoms with Crippen LogP contribution in [0.2, 0.25) is 0 Å². The lowest BCUT2D eigenvalue weighted by Crippen LogP contribution is -2.25. The average Bonchev–Trinajstić information content (AvgIpc) is 2.41. The summed E-state index contributed by atoms with van der Waals surface area (Å²) in [7, 11) is 0. The summed E-state index contributed by atoms with van der Waals surface area (Å²) in [6.07, 6.45) is 6.01. The van der Waals surface area contributed by atoms with Gasteiger partial charge in [-0.25, -0.2) is 0 Å². The zero-order chi connectivity index (χ0) is 16.3. The minimum Gasteiger partial charge on any atom is -0.485 e. The summed E-state index contributed by atoms with van der Waals surface area (Å²) in [6.45, 7) is 8.05. The minimum absolute atomic E-state index is 0.0416. The van der Waals surface area contributed by atoms with E-state index >= 15 is 0 Å². The monoisotopic (exact) mass is 311 g/mol. The van der Waals surface area contributed by atoms with Crippen molar-refractivity contribution in [1.29, 1.82) is 0 Å². The molecule has 0 aromatic heterocycles. The third kappa shape index (κ3) is 10.9. The average molecular weight is 311 g/mol. The Labute approximate surface area is 132 Å². The van der Waals surface area contributed by atoms with Crippen molar-refractivity contribution >= 4 is 29.0 Å². The normalized spacial score (nSPS) is 12.0. The van der Waals surface area contributed by atoms with Gasteiger partial charge in [-0.2, -0.15) is 0 Å². The Hall–Kier alpha value is -1.49. The van der Waals surface area contributed by atoms with Crippen molar-refractivity contribution in [1.82, 2.24) is 5.32 Å². The topological polar surface area (TPSA) is 55.4 Å². The van der Waals surface area contributed by atoms with Crippen LogP contribution in [0.15, 0.2) is 23.3 Å². The zero-order valence-corrected chi connectivity index (χ0v) is 14.1. The van der Waals surface area contributed by atoms with Crippen molar-refractivity contribution in [2.24, 2.45) is 0 Å². The van der Waals surface area contributed by atoms with Gasteiger partial charge >= 0.3 is 0 Å². The molecule has 1 N–H and O–H groups in total. The number of ketones is 1. The number of thiocarbonyl (C=S) groups is 1. The Morgan fingerprint density at radius 2 is 1.86 bits per heavy atom. The second-order valence-corrected chi connectivity index (χ2v) is 5.37. The van der Waals surface area contributed by atoms with E-state index in [2.05, 4.69) is 12.2 Å². The quantitative estimate of drug-likeness (QED) is 0.308. The molecule has 5 heteroatoms. The molecule has 0 fully saturated rings. The molecule has 0 saturated heterocycles. The maximum Gasteiger partial charge on any atom is 0.216 e. The molecule has 0 atom stereocenters. The first-order valence-corrected chi connectivity index (χ1v) is 7.55. The molecular formula is C16H25NO3S. The van der Waals surface area contributed by atoms with Crippen LogP contribution in [0.4, 0.5) is 0 Å². The van der Waals surface area contributed by atoms with Crippen LogP contribution in [0.1, 0.15) is 47.0 Å². The molecule has 0 saturated carbocycles. The molecule has 0 aromatic rings. The fraction of sp³-hybridized carbons (Fsp3) is 0.562. The molecule has 0 aliphatic rings. The third-order valence-corrected chi connectivity index (χ3v) is 3.01. The van der Waals surface area contributed by atoms with Gasteiger partial charge in [-0.15, -0.1) is 0 Å². The van der Waals surface area contributed by atoms with E-state index in [1.807, 2.05) is 19.1 Å². The standard InChI is InChI=1S/C16H25NO3S/c1-5-6-12(2)7-8-13(3)15(19)11-16(21)20-10-9-17-14(4)18/h7-8H,5-6,9-11H2,1-4H3,(H,17,18)/b12-7+,13-8+. The van der Waals surface area contributed by atoms with E-state index in [0.29, 0.717) is 12.1 Å². The van der Waals surface area contributed by atoms with Crippen molar-refractivity contribution in [2.75, 3.05) is 13.2 Å². The molecule has 118 valence electrons. The van der Waals surface area contributed by atoms with Crippen LogP contribution in [0.5, 0.6) is 0 Å². The highest BCUT2D eigenvalue weighted by Gasteiger charge is 2.08. The molecule has 0 aliphatic heterocycles. The van der Waals surface area contributed by atoms with Crippen LogP contribution in [-0.2, 0) is 14.3 Å². The van der Waals surface area contributed by atoms with E-state index in [-0.39, 0.29) is 29.8 Å². The van der Waals surface area contributed by atoms with Gasteiger partial charge in [0.1, 0.15) is 6.61 Å². The zero-order valence-electron chi connectivity index (χ0n) is 13.3. The fourth-order valence-electron chi connectivity index (χ4n) is 1.55. The Morgan fingerprint density at radius 3 is 2.43 bits per heavy atom. The third-order valence-electron chi connectivity index (χ3n) is 2.75. The van der Waals surface area contributed by atoms with E-state index in [9.17, 15) is 9.59 Å². The first kappa shape index (κ1) is 19.5. The van der Waals surface area contributed by atoms with Crippen molar-refractivity contribution in [3.05, 3.63) is 23.3 Å². The summed E-state index contributed by atoms with van der Waals surface area (Å²) >= 11 is 5.01. The van der Waals surface area contributed by atoms with Crippen LogP contribution in [0, 0.1) is 0 Å². The number of allylic oxidation sites excluding steroid dienone is 4. The summed E-state index contributed by atoms with van der Waals surface area (Å²) in [5, 5.41) is 2.85. The Morgan fingerprint density at radius 1 is 1.19 bits per heavy atom. The number of carbonyl (C=O) groups is 2. The first-order valence-electron chi connectivity index (χ1n) is 7.14. The van der Waals surface area contributed by atoms with Crippen LogP contribution in [-0.4, -0.2) is 29.9 Å². The van der Waals surface area contributed by atoms with Gasteiger partial charge in [0.15, 0.2) is 10.8 Å². The molecule has 0 unspecified atom stereocenters. The largest absolute Gasteiger partial charge is 0.485 e. The van der Waals surface area contributed by atoms with Gasteiger partial charge in [-0.3, -0.25) is 9.59 Å². The minimum atomic E-state index is -0.117. The summed E-state index contributed by atoms with van der Waals surface area (Å²) in [5.74, 6) is -0.159. The lowest BCUT2D eigenvalue weighted by molar-refractivity contribution is -0.119. The van der Waals surface area contributed by atoms with Gasteiger partial charge in [-0.05, 0) is 38.1 Å². The predicted molar refractivity (Wildman–Crippen MR) is 89.3 cm³/mol. The first-order chi connectivity index (χ1) is 9.86. The molecule has 0 aliphatic carbocycles. The maximum absolute atomic E-state index is 11.9. The molecule has 0 bridgehead atoms. The molecule has 0 radical (unpaired) electrons. The van der Waals surface area contributed by atoms with Gasteiger partial charge < -0.3 is 10.1 Å². The van der Waals surface area contributed by atoms with Crippen LogP contribution in [0.3, 0.4) is 0 Å². The molecule has 1 amide bonds. The second kappa shape index (κ2) is 11.2. The number of rotatable bonds is 9. The number of carbonyl (C=O) groups excluding carboxylic acids is 2. The molecule has 0 spiro atoms. The highest BCUT2D eigenvalue weighted by Crippen LogP contribution is 2.07. The Kier molecular flexibility index (Phi) is 10.4. The van der Waals surface area contributed by atoms with E-state index in [1.54, 1.807) is 6.92 Å². The molecule has 0 heterocycles. The number of hydrogen-bond donors (Lipinski definition) is 1. The van der Waals surface area contributed by atoms with Gasteiger partial charge in [0, 0.05) is 6.92 Å². The van der Waals surface area contributed by atoms with Crippen molar-refractivity contribution < 1.29 is 14.3 Å². The predicted octanol–water partition coefficient (Wildman–Crippen LogP) is 3.12. The van der Waals surface area contributed by atoms with Crippen molar-refractivity contribution in [3.8, 4) is 0 Å². The fourth-order valence-corrected chi connectivity index (χ4v) is 1.77. The highest BCUT2D eigenvalue weighted by molar-refractivity contribution is 7.80. The van der Waals surface area contributed by atoms with Gasteiger partial charge in [0.2, 0.25) is 5.91 Å². The van der Waals surface area contributed by atoms with E-state index < -0.39 is 0 Å². The summed E-state index contributed by atoms with van der Waals surface area (Å²) in [5.41, 5.74) is 1.91. The van der Waals surface area contributed by atoms with E-state index in [4.69, 9.17) is 17.0 Å². The Balaban J connectivity index is 4.16. The Bertz CT molecular complexity index is 439. The number of ether oxygens (including phenoxy) is 1. The number of amides is 1. The summed E-state index contributed by atoms with van der Waals surface area (Å²) in [4.78, 5) is 22.6. The molecular weight excluding hydrogens is 286 g/mol. The molecule has 21 heavy (non-hydrogen) atoms. The van der Waals surface area contributed by atoms with Crippen LogP contribution < -0.4 is 5.32 Å². The van der Waals surface area contributed by atoms with E-state index in [0.717, 1.165) is 12.8 Å².